The summed E-state index contributed by atoms with van der Waals surface area (Å²) in [7, 11) is 3.86. The van der Waals surface area contributed by atoms with Gasteiger partial charge < -0.3 is 17.3 Å². The number of benzene rings is 2. The van der Waals surface area contributed by atoms with Gasteiger partial charge in [0.1, 0.15) is 5.69 Å². The fraction of sp³-hybridized carbons (Fsp3) is 0.167. The molecule has 2 aromatic carbocycles. The van der Waals surface area contributed by atoms with Crippen LogP contribution in [0.2, 0.25) is 0 Å². The summed E-state index contributed by atoms with van der Waals surface area (Å²) in [6, 6.07) is 11.9. The van der Waals surface area contributed by atoms with E-state index >= 15 is 0 Å². The lowest BCUT2D eigenvalue weighted by Gasteiger charge is -2.09. The molecule has 2 aromatic rings. The zero-order chi connectivity index (χ0) is 10.8. The van der Waals surface area contributed by atoms with Crippen LogP contribution in [0.4, 0.5) is 11.4 Å². The number of anilines is 1. The molecule has 3 nitrogen and oxygen atoms in total. The highest BCUT2D eigenvalue weighted by Crippen LogP contribution is 2.35. The van der Waals surface area contributed by atoms with Crippen LogP contribution in [0.3, 0.4) is 0 Å². The van der Waals surface area contributed by atoms with E-state index in [0.29, 0.717) is 5.69 Å². The lowest BCUT2D eigenvalue weighted by atomic mass is 10.1. The first-order valence-corrected chi connectivity index (χ1v) is 4.78. The molecule has 16 heavy (non-hydrogen) atoms. The highest BCUT2D eigenvalue weighted by Gasteiger charge is 2.19. The van der Waals surface area contributed by atoms with Crippen molar-refractivity contribution in [3.05, 3.63) is 41.4 Å². The van der Waals surface area contributed by atoms with E-state index in [1.807, 2.05) is 55.4 Å². The Morgan fingerprint density at radius 1 is 1.06 bits per heavy atom. The summed E-state index contributed by atoms with van der Waals surface area (Å²) in [5.41, 5.74) is 1.54. The maximum Gasteiger partial charge on any atom is 0.415 e. The quantitative estimate of drug-likeness (QED) is 0.668. The summed E-state index contributed by atoms with van der Waals surface area (Å²) in [6.07, 6.45) is 0. The van der Waals surface area contributed by atoms with Gasteiger partial charge in [0, 0.05) is 14.1 Å². The molecule has 2 rings (SSSR count). The van der Waals surface area contributed by atoms with E-state index in [9.17, 15) is 0 Å². The second-order valence-electron chi connectivity index (χ2n) is 3.65. The molecule has 0 radical (unpaired) electrons. The Balaban J connectivity index is 0.00000128. The van der Waals surface area contributed by atoms with Crippen molar-refractivity contribution in [1.82, 2.24) is 0 Å². The summed E-state index contributed by atoms with van der Waals surface area (Å²) in [4.78, 5) is 5.31. The van der Waals surface area contributed by atoms with Crippen LogP contribution in [-0.2, 0) is 0 Å². The summed E-state index contributed by atoms with van der Waals surface area (Å²) >= 11 is 0. The van der Waals surface area contributed by atoms with Crippen LogP contribution in [-0.4, -0.2) is 14.1 Å². The first-order chi connectivity index (χ1) is 7.24. The molecule has 0 saturated heterocycles. The average molecular weight is 234 g/mol. The second kappa shape index (κ2) is 4.82. The first-order valence-electron chi connectivity index (χ1n) is 4.78. The molecule has 0 aliphatic rings. The molecule has 0 saturated carbocycles. The van der Waals surface area contributed by atoms with Crippen molar-refractivity contribution in [3.63, 3.8) is 0 Å². The van der Waals surface area contributed by atoms with Crippen molar-refractivity contribution in [1.29, 1.82) is 5.39 Å². The number of diazo groups is 1. The molecule has 0 aliphatic heterocycles. The highest BCUT2D eigenvalue weighted by molar-refractivity contribution is 6.00. The fourth-order valence-electron chi connectivity index (χ4n) is 1.71. The standard InChI is InChI=1S/C12H12N3.ClH/c1-15(2)11-8-7-9-5-3-4-6-10(9)12(11)14-13;/h3-8H,1-2H3;1H/q+1;/p-1. The lowest BCUT2D eigenvalue weighted by molar-refractivity contribution is -0.00000325. The topological polar surface area (TPSA) is 31.4 Å². The van der Waals surface area contributed by atoms with Crippen molar-refractivity contribution in [2.75, 3.05) is 19.0 Å². The van der Waals surface area contributed by atoms with Gasteiger partial charge in [0.05, 0.1) is 5.39 Å². The third-order valence-electron chi connectivity index (χ3n) is 2.46. The summed E-state index contributed by atoms with van der Waals surface area (Å²) in [6.45, 7) is 0. The Kier molecular flexibility index (Phi) is 3.70. The van der Waals surface area contributed by atoms with Crippen LogP contribution in [0, 0.1) is 5.39 Å². The molecular weight excluding hydrogens is 222 g/mol. The van der Waals surface area contributed by atoms with Crippen molar-refractivity contribution < 1.29 is 12.4 Å². The molecular formula is C12H12ClN3. The Labute approximate surface area is 101 Å². The third kappa shape index (κ3) is 1.93. The normalized spacial score (nSPS) is 9.31. The molecule has 0 heterocycles. The molecule has 4 heteroatoms. The van der Waals surface area contributed by atoms with Gasteiger partial charge in [-0.15, -0.1) is 0 Å². The lowest BCUT2D eigenvalue weighted by Crippen LogP contribution is -3.00. The maximum atomic E-state index is 9.06. The predicted octanol–water partition coefficient (Wildman–Crippen LogP) is 0.394. The Bertz CT molecular complexity index is 543. The minimum absolute atomic E-state index is 0. The van der Waals surface area contributed by atoms with Gasteiger partial charge in [0.25, 0.3) is 0 Å². The van der Waals surface area contributed by atoms with Gasteiger partial charge in [-0.05, 0) is 17.5 Å². The van der Waals surface area contributed by atoms with Crippen molar-refractivity contribution in [3.8, 4) is 0 Å². The van der Waals surface area contributed by atoms with Gasteiger partial charge in [-0.2, -0.15) is 0 Å². The monoisotopic (exact) mass is 233 g/mol. The third-order valence-corrected chi connectivity index (χ3v) is 2.46. The molecule has 0 spiro atoms. The fourth-order valence-corrected chi connectivity index (χ4v) is 1.71. The van der Waals surface area contributed by atoms with Gasteiger partial charge in [0.15, 0.2) is 4.98 Å². The molecule has 0 atom stereocenters. The molecule has 0 amide bonds. The number of rotatable bonds is 1. The Morgan fingerprint density at radius 2 is 1.75 bits per heavy atom. The van der Waals surface area contributed by atoms with Crippen LogP contribution < -0.4 is 17.3 Å². The highest BCUT2D eigenvalue weighted by atomic mass is 35.5. The number of hydrogen-bond donors (Lipinski definition) is 0. The van der Waals surface area contributed by atoms with Crippen LogP contribution in [0.25, 0.3) is 15.7 Å². The van der Waals surface area contributed by atoms with E-state index in [2.05, 4.69) is 4.98 Å². The predicted molar refractivity (Wildman–Crippen MR) is 63.0 cm³/mol. The zero-order valence-electron chi connectivity index (χ0n) is 9.18. The summed E-state index contributed by atoms with van der Waals surface area (Å²) < 4.78 is 0. The minimum Gasteiger partial charge on any atom is -1.00 e. The van der Waals surface area contributed by atoms with Crippen molar-refractivity contribution >= 4 is 22.1 Å². The van der Waals surface area contributed by atoms with Gasteiger partial charge in [0.2, 0.25) is 5.39 Å². The van der Waals surface area contributed by atoms with E-state index < -0.39 is 0 Å². The summed E-state index contributed by atoms with van der Waals surface area (Å²) in [5, 5.41) is 11.1. The molecule has 0 unspecified atom stereocenters. The number of nitrogens with zero attached hydrogens (tertiary/aromatic N) is 3. The van der Waals surface area contributed by atoms with Gasteiger partial charge >= 0.3 is 5.69 Å². The number of hydrogen-bond acceptors (Lipinski definition) is 2. The van der Waals surface area contributed by atoms with E-state index in [1.54, 1.807) is 0 Å². The molecule has 0 aromatic heterocycles. The Morgan fingerprint density at radius 3 is 2.38 bits per heavy atom. The zero-order valence-corrected chi connectivity index (χ0v) is 9.94. The largest absolute Gasteiger partial charge is 1.00 e. The molecule has 0 bridgehead atoms. The maximum absolute atomic E-state index is 9.06. The van der Waals surface area contributed by atoms with Crippen LogP contribution in [0.1, 0.15) is 0 Å². The second-order valence-corrected chi connectivity index (χ2v) is 3.65. The van der Waals surface area contributed by atoms with Gasteiger partial charge in [-0.3, -0.25) is 0 Å². The smallest absolute Gasteiger partial charge is 0.415 e. The van der Waals surface area contributed by atoms with Gasteiger partial charge in [-0.1, -0.05) is 24.3 Å². The minimum atomic E-state index is 0. The van der Waals surface area contributed by atoms with Crippen molar-refractivity contribution in [2.24, 2.45) is 0 Å². The molecule has 0 aliphatic carbocycles. The van der Waals surface area contributed by atoms with E-state index in [4.69, 9.17) is 5.39 Å². The Hall–Kier alpha value is -1.79. The van der Waals surface area contributed by atoms with E-state index in [-0.39, 0.29) is 12.4 Å². The first kappa shape index (κ1) is 12.3. The van der Waals surface area contributed by atoms with E-state index in [1.165, 1.54) is 0 Å². The molecule has 82 valence electrons. The van der Waals surface area contributed by atoms with Crippen LogP contribution in [0.15, 0.2) is 36.4 Å². The molecule has 0 N–H and O–H groups in total. The SMILES string of the molecule is CN(C)c1ccc2ccccc2c1[N+]#N.[Cl-]. The van der Waals surface area contributed by atoms with E-state index in [0.717, 1.165) is 16.5 Å². The summed E-state index contributed by atoms with van der Waals surface area (Å²) in [5.74, 6) is 0. The molecule has 0 fully saturated rings. The van der Waals surface area contributed by atoms with Crippen molar-refractivity contribution in [2.45, 2.75) is 0 Å². The van der Waals surface area contributed by atoms with Crippen LogP contribution >= 0.6 is 0 Å². The van der Waals surface area contributed by atoms with Crippen LogP contribution in [0.5, 0.6) is 0 Å². The number of fused-ring (bicyclic) bond motifs is 1. The number of halogens is 1. The average Bonchev–Trinajstić information content (AvgIpc) is 2.27. The van der Waals surface area contributed by atoms with Gasteiger partial charge in [-0.25, -0.2) is 0 Å².